The molecule has 0 saturated carbocycles. The van der Waals surface area contributed by atoms with Crippen molar-refractivity contribution in [1.29, 1.82) is 0 Å². The van der Waals surface area contributed by atoms with E-state index in [1.54, 1.807) is 55.5 Å². The molecule has 108 valence electrons. The quantitative estimate of drug-likeness (QED) is 0.596. The molecule has 0 aromatic heterocycles. The number of rotatable bonds is 4. The standard InChI is InChI=1S/C17H17NO3/c1-12(16(20)13-7-3-2-4-8-13)17(21)18-15-10-6-5-9-14(15)11-19/h2-10,19-20H,11H2,1H3,(H,18,21)/b16-12+. The Bertz CT molecular complexity index is 663. The minimum atomic E-state index is -0.405. The van der Waals surface area contributed by atoms with Crippen LogP contribution in [0.1, 0.15) is 18.1 Å². The van der Waals surface area contributed by atoms with E-state index in [0.29, 0.717) is 16.8 Å². The Hall–Kier alpha value is -2.59. The molecule has 0 atom stereocenters. The number of para-hydroxylation sites is 1. The van der Waals surface area contributed by atoms with Crippen LogP contribution >= 0.6 is 0 Å². The van der Waals surface area contributed by atoms with Crippen molar-refractivity contribution in [3.05, 3.63) is 71.3 Å². The second-order valence-corrected chi connectivity index (χ2v) is 4.61. The van der Waals surface area contributed by atoms with Crippen molar-refractivity contribution in [2.75, 3.05) is 5.32 Å². The van der Waals surface area contributed by atoms with Gasteiger partial charge in [-0.2, -0.15) is 0 Å². The lowest BCUT2D eigenvalue weighted by atomic mass is 10.1. The van der Waals surface area contributed by atoms with E-state index in [4.69, 9.17) is 0 Å². The van der Waals surface area contributed by atoms with Crippen LogP contribution in [0.4, 0.5) is 5.69 Å². The van der Waals surface area contributed by atoms with Gasteiger partial charge in [-0.25, -0.2) is 0 Å². The molecule has 0 aliphatic heterocycles. The van der Waals surface area contributed by atoms with Gasteiger partial charge in [0.1, 0.15) is 5.76 Å². The molecule has 2 aromatic carbocycles. The van der Waals surface area contributed by atoms with Gasteiger partial charge in [-0.3, -0.25) is 4.79 Å². The van der Waals surface area contributed by atoms with Crippen LogP contribution in [0.25, 0.3) is 5.76 Å². The summed E-state index contributed by atoms with van der Waals surface area (Å²) < 4.78 is 0. The molecule has 0 spiro atoms. The molecular weight excluding hydrogens is 266 g/mol. The topological polar surface area (TPSA) is 69.6 Å². The zero-order valence-corrected chi connectivity index (χ0v) is 11.7. The van der Waals surface area contributed by atoms with Crippen LogP contribution in [0.15, 0.2) is 60.2 Å². The summed E-state index contributed by atoms with van der Waals surface area (Å²) in [6.45, 7) is 1.39. The molecule has 3 N–H and O–H groups in total. The van der Waals surface area contributed by atoms with Gasteiger partial charge in [-0.15, -0.1) is 0 Å². The van der Waals surface area contributed by atoms with E-state index in [1.807, 2.05) is 6.07 Å². The maximum absolute atomic E-state index is 12.2. The third-order valence-corrected chi connectivity index (χ3v) is 3.18. The van der Waals surface area contributed by atoms with Gasteiger partial charge in [0.15, 0.2) is 0 Å². The van der Waals surface area contributed by atoms with Gasteiger partial charge in [0.2, 0.25) is 0 Å². The van der Waals surface area contributed by atoms with E-state index >= 15 is 0 Å². The smallest absolute Gasteiger partial charge is 0.255 e. The number of aliphatic hydroxyl groups is 2. The fourth-order valence-electron chi connectivity index (χ4n) is 1.92. The summed E-state index contributed by atoms with van der Waals surface area (Å²) in [5.41, 5.74) is 1.96. The molecule has 0 fully saturated rings. The van der Waals surface area contributed by atoms with Crippen molar-refractivity contribution in [2.45, 2.75) is 13.5 Å². The highest BCUT2D eigenvalue weighted by Gasteiger charge is 2.13. The summed E-state index contributed by atoms with van der Waals surface area (Å²) >= 11 is 0. The van der Waals surface area contributed by atoms with Gasteiger partial charge in [-0.1, -0.05) is 48.5 Å². The van der Waals surface area contributed by atoms with E-state index in [2.05, 4.69) is 5.32 Å². The Morgan fingerprint density at radius 3 is 2.33 bits per heavy atom. The molecule has 4 heteroatoms. The summed E-state index contributed by atoms with van der Waals surface area (Å²) in [6.07, 6.45) is 0. The Morgan fingerprint density at radius 1 is 1.05 bits per heavy atom. The van der Waals surface area contributed by atoms with Gasteiger partial charge in [-0.05, 0) is 13.0 Å². The molecule has 0 heterocycles. The molecular formula is C17H17NO3. The molecule has 0 radical (unpaired) electrons. The third-order valence-electron chi connectivity index (χ3n) is 3.18. The first-order valence-corrected chi connectivity index (χ1v) is 6.59. The summed E-state index contributed by atoms with van der Waals surface area (Å²) in [7, 11) is 0. The summed E-state index contributed by atoms with van der Waals surface area (Å²) in [5.74, 6) is -0.466. The number of aliphatic hydroxyl groups excluding tert-OH is 2. The molecule has 0 unspecified atom stereocenters. The minimum absolute atomic E-state index is 0.0606. The molecule has 0 aliphatic rings. The minimum Gasteiger partial charge on any atom is -0.507 e. The highest BCUT2D eigenvalue weighted by molar-refractivity contribution is 6.07. The fourth-order valence-corrected chi connectivity index (χ4v) is 1.92. The number of hydrogen-bond donors (Lipinski definition) is 3. The lowest BCUT2D eigenvalue weighted by molar-refractivity contribution is -0.112. The summed E-state index contributed by atoms with van der Waals surface area (Å²) in [5, 5.41) is 22.1. The fraction of sp³-hybridized carbons (Fsp3) is 0.118. The highest BCUT2D eigenvalue weighted by Crippen LogP contribution is 2.19. The molecule has 0 saturated heterocycles. The van der Waals surface area contributed by atoms with Gasteiger partial charge in [0.05, 0.1) is 12.2 Å². The number of benzene rings is 2. The molecule has 21 heavy (non-hydrogen) atoms. The van der Waals surface area contributed by atoms with Crippen LogP contribution in [0, 0.1) is 0 Å². The number of nitrogens with one attached hydrogen (secondary N) is 1. The first-order valence-electron chi connectivity index (χ1n) is 6.59. The summed E-state index contributed by atoms with van der Waals surface area (Å²) in [6, 6.07) is 15.9. The molecule has 0 bridgehead atoms. The largest absolute Gasteiger partial charge is 0.507 e. The number of carbonyl (C=O) groups is 1. The average Bonchev–Trinajstić information content (AvgIpc) is 2.54. The molecule has 2 aromatic rings. The lowest BCUT2D eigenvalue weighted by Gasteiger charge is -2.11. The normalized spacial score (nSPS) is 11.7. The molecule has 1 amide bonds. The second-order valence-electron chi connectivity index (χ2n) is 4.61. The van der Waals surface area contributed by atoms with Gasteiger partial charge in [0.25, 0.3) is 5.91 Å². The Morgan fingerprint density at radius 2 is 1.67 bits per heavy atom. The molecule has 4 nitrogen and oxygen atoms in total. The van der Waals surface area contributed by atoms with Gasteiger partial charge < -0.3 is 15.5 Å². The second kappa shape index (κ2) is 6.72. The predicted octanol–water partition coefficient (Wildman–Crippen LogP) is 3.11. The predicted molar refractivity (Wildman–Crippen MR) is 82.7 cm³/mol. The van der Waals surface area contributed by atoms with Crippen LogP contribution in [0.5, 0.6) is 0 Å². The van der Waals surface area contributed by atoms with Crippen molar-refractivity contribution >= 4 is 17.4 Å². The van der Waals surface area contributed by atoms with Crippen LogP contribution < -0.4 is 5.32 Å². The molecule has 2 rings (SSSR count). The van der Waals surface area contributed by atoms with Gasteiger partial charge in [0, 0.05) is 16.8 Å². The van der Waals surface area contributed by atoms with Crippen molar-refractivity contribution in [1.82, 2.24) is 0 Å². The van der Waals surface area contributed by atoms with Crippen LogP contribution in [-0.2, 0) is 11.4 Å². The van der Waals surface area contributed by atoms with Crippen LogP contribution in [-0.4, -0.2) is 16.1 Å². The Labute approximate surface area is 123 Å². The maximum atomic E-state index is 12.2. The van der Waals surface area contributed by atoms with Gasteiger partial charge >= 0.3 is 0 Å². The van der Waals surface area contributed by atoms with E-state index < -0.39 is 5.91 Å². The third kappa shape index (κ3) is 3.49. The molecule has 0 aliphatic carbocycles. The number of anilines is 1. The van der Waals surface area contributed by atoms with Crippen LogP contribution in [0.3, 0.4) is 0 Å². The van der Waals surface area contributed by atoms with E-state index in [0.717, 1.165) is 0 Å². The lowest BCUT2D eigenvalue weighted by Crippen LogP contribution is -2.15. The number of carbonyl (C=O) groups excluding carboxylic acids is 1. The summed E-state index contributed by atoms with van der Waals surface area (Å²) in [4.78, 5) is 12.2. The van der Waals surface area contributed by atoms with Crippen molar-refractivity contribution < 1.29 is 15.0 Å². The van der Waals surface area contributed by atoms with E-state index in [9.17, 15) is 15.0 Å². The first-order chi connectivity index (χ1) is 10.1. The Kier molecular flexibility index (Phi) is 4.74. The Balaban J connectivity index is 2.24. The first kappa shape index (κ1) is 14.8. The SMILES string of the molecule is C/C(C(=O)Nc1ccccc1CO)=C(\O)c1ccccc1. The highest BCUT2D eigenvalue weighted by atomic mass is 16.3. The number of hydrogen-bond acceptors (Lipinski definition) is 3. The van der Waals surface area contributed by atoms with E-state index in [1.165, 1.54) is 0 Å². The van der Waals surface area contributed by atoms with E-state index in [-0.39, 0.29) is 17.9 Å². The monoisotopic (exact) mass is 283 g/mol. The van der Waals surface area contributed by atoms with Crippen molar-refractivity contribution in [3.8, 4) is 0 Å². The zero-order chi connectivity index (χ0) is 15.2. The number of amides is 1. The van der Waals surface area contributed by atoms with Crippen LogP contribution in [0.2, 0.25) is 0 Å². The van der Waals surface area contributed by atoms with Crippen molar-refractivity contribution in [2.24, 2.45) is 0 Å². The average molecular weight is 283 g/mol. The van der Waals surface area contributed by atoms with Crippen molar-refractivity contribution in [3.63, 3.8) is 0 Å². The maximum Gasteiger partial charge on any atom is 0.255 e. The zero-order valence-electron chi connectivity index (χ0n) is 11.7.